The maximum atomic E-state index is 12.4. The summed E-state index contributed by atoms with van der Waals surface area (Å²) in [6.07, 6.45) is -0.175. The van der Waals surface area contributed by atoms with Crippen LogP contribution in [-0.4, -0.2) is 38.6 Å². The lowest BCUT2D eigenvalue weighted by molar-refractivity contribution is -0.123. The number of amides is 2. The molecule has 0 aliphatic carbocycles. The molecule has 9 nitrogen and oxygen atoms in total. The molecule has 2 amide bonds. The lowest BCUT2D eigenvalue weighted by Gasteiger charge is -2.15. The first-order valence-corrected chi connectivity index (χ1v) is 10.4. The van der Waals surface area contributed by atoms with Gasteiger partial charge < -0.3 is 15.4 Å². The van der Waals surface area contributed by atoms with Crippen molar-refractivity contribution in [2.45, 2.75) is 20.0 Å². The van der Waals surface area contributed by atoms with E-state index < -0.39 is 28.0 Å². The van der Waals surface area contributed by atoms with E-state index in [0.29, 0.717) is 11.4 Å². The van der Waals surface area contributed by atoms with Crippen molar-refractivity contribution in [3.05, 3.63) is 54.1 Å². The Morgan fingerprint density at radius 3 is 2.03 bits per heavy atom. The zero-order chi connectivity index (χ0) is 21.6. The molecule has 154 valence electrons. The van der Waals surface area contributed by atoms with E-state index in [0.717, 1.165) is 6.26 Å². The number of esters is 1. The van der Waals surface area contributed by atoms with Crippen LogP contribution in [0.3, 0.4) is 0 Å². The van der Waals surface area contributed by atoms with Crippen molar-refractivity contribution < 1.29 is 27.5 Å². The summed E-state index contributed by atoms with van der Waals surface area (Å²) in [5, 5.41) is 5.20. The van der Waals surface area contributed by atoms with Gasteiger partial charge in [-0.15, -0.1) is 0 Å². The van der Waals surface area contributed by atoms with Gasteiger partial charge in [-0.1, -0.05) is 12.1 Å². The van der Waals surface area contributed by atoms with E-state index in [1.807, 2.05) is 0 Å². The molecule has 0 unspecified atom stereocenters. The van der Waals surface area contributed by atoms with Gasteiger partial charge in [0.2, 0.25) is 15.9 Å². The molecule has 0 saturated carbocycles. The fourth-order valence-electron chi connectivity index (χ4n) is 2.31. The standard InChI is InChI=1S/C19H21N3O6S/c1-12(18(24)21-15-10-8-14(9-11-15)20-13(2)23)28-19(25)16-6-4-5-7-17(16)22-29(3,26)27/h4-12,22H,1-3H3,(H,20,23)(H,21,24)/t12-/m1/s1. The third-order valence-corrected chi connectivity index (χ3v) is 4.16. The summed E-state index contributed by atoms with van der Waals surface area (Å²) >= 11 is 0. The van der Waals surface area contributed by atoms with Crippen molar-refractivity contribution >= 4 is 44.9 Å². The van der Waals surface area contributed by atoms with Crippen LogP contribution in [0.15, 0.2) is 48.5 Å². The number of rotatable bonds is 7. The molecule has 0 aromatic heterocycles. The van der Waals surface area contributed by atoms with E-state index in [1.54, 1.807) is 36.4 Å². The Morgan fingerprint density at radius 2 is 1.48 bits per heavy atom. The van der Waals surface area contributed by atoms with E-state index in [9.17, 15) is 22.8 Å². The average molecular weight is 419 g/mol. The molecule has 10 heteroatoms. The minimum Gasteiger partial charge on any atom is -0.449 e. The number of nitrogens with one attached hydrogen (secondary N) is 3. The summed E-state index contributed by atoms with van der Waals surface area (Å²) in [5.41, 5.74) is 1.06. The number of hydrogen-bond acceptors (Lipinski definition) is 6. The van der Waals surface area contributed by atoms with Crippen LogP contribution in [-0.2, 0) is 24.3 Å². The number of carbonyl (C=O) groups is 3. The smallest absolute Gasteiger partial charge is 0.341 e. The highest BCUT2D eigenvalue weighted by molar-refractivity contribution is 7.92. The molecule has 0 bridgehead atoms. The summed E-state index contributed by atoms with van der Waals surface area (Å²) in [6, 6.07) is 12.3. The molecule has 0 fully saturated rings. The largest absolute Gasteiger partial charge is 0.449 e. The highest BCUT2D eigenvalue weighted by Crippen LogP contribution is 2.19. The van der Waals surface area contributed by atoms with Gasteiger partial charge in [-0.25, -0.2) is 13.2 Å². The summed E-state index contributed by atoms with van der Waals surface area (Å²) < 4.78 is 30.3. The minimum atomic E-state index is -3.59. The number of carbonyl (C=O) groups excluding carboxylic acids is 3. The van der Waals surface area contributed by atoms with E-state index in [1.165, 1.54) is 26.0 Å². The highest BCUT2D eigenvalue weighted by atomic mass is 32.2. The van der Waals surface area contributed by atoms with Crippen molar-refractivity contribution in [1.82, 2.24) is 0 Å². The second kappa shape index (κ2) is 9.20. The number of para-hydroxylation sites is 1. The number of sulfonamides is 1. The highest BCUT2D eigenvalue weighted by Gasteiger charge is 2.21. The molecule has 3 N–H and O–H groups in total. The van der Waals surface area contributed by atoms with Crippen LogP contribution in [0.25, 0.3) is 0 Å². The molecule has 1 atom stereocenters. The van der Waals surface area contributed by atoms with Gasteiger partial charge in [0.25, 0.3) is 5.91 Å². The Balaban J connectivity index is 2.02. The molecule has 2 aromatic carbocycles. The Hall–Kier alpha value is -3.40. The zero-order valence-electron chi connectivity index (χ0n) is 16.1. The van der Waals surface area contributed by atoms with Crippen LogP contribution in [0.1, 0.15) is 24.2 Å². The maximum absolute atomic E-state index is 12.4. The van der Waals surface area contributed by atoms with Gasteiger partial charge >= 0.3 is 5.97 Å². The summed E-state index contributed by atoms with van der Waals surface area (Å²) in [4.78, 5) is 35.7. The first kappa shape index (κ1) is 21.9. The van der Waals surface area contributed by atoms with Crippen LogP contribution >= 0.6 is 0 Å². The normalized spacial score (nSPS) is 11.8. The van der Waals surface area contributed by atoms with Crippen molar-refractivity contribution in [1.29, 1.82) is 0 Å². The fraction of sp³-hybridized carbons (Fsp3) is 0.211. The molecule has 0 spiro atoms. The Morgan fingerprint density at radius 1 is 0.931 bits per heavy atom. The van der Waals surface area contributed by atoms with Gasteiger partial charge in [-0.3, -0.25) is 14.3 Å². The van der Waals surface area contributed by atoms with Crippen molar-refractivity contribution in [3.63, 3.8) is 0 Å². The third-order valence-electron chi connectivity index (χ3n) is 3.57. The molecule has 0 aliphatic rings. The van der Waals surface area contributed by atoms with Gasteiger partial charge in [0, 0.05) is 18.3 Å². The van der Waals surface area contributed by atoms with Crippen LogP contribution in [0.4, 0.5) is 17.1 Å². The second-order valence-electron chi connectivity index (χ2n) is 6.22. The van der Waals surface area contributed by atoms with E-state index in [4.69, 9.17) is 4.74 Å². The first-order chi connectivity index (χ1) is 13.5. The van der Waals surface area contributed by atoms with Gasteiger partial charge in [0.1, 0.15) is 0 Å². The Kier molecular flexibility index (Phi) is 6.94. The molecular formula is C19H21N3O6S. The summed E-state index contributed by atoms with van der Waals surface area (Å²) in [7, 11) is -3.59. The molecule has 0 aliphatic heterocycles. The van der Waals surface area contributed by atoms with Crippen molar-refractivity contribution in [2.75, 3.05) is 21.6 Å². The number of hydrogen-bond donors (Lipinski definition) is 3. The second-order valence-corrected chi connectivity index (χ2v) is 7.96. The monoisotopic (exact) mass is 419 g/mol. The summed E-state index contributed by atoms with van der Waals surface area (Å²) in [6.45, 7) is 2.78. The van der Waals surface area contributed by atoms with Crippen molar-refractivity contribution in [2.24, 2.45) is 0 Å². The number of ether oxygens (including phenoxy) is 1. The lowest BCUT2D eigenvalue weighted by Crippen LogP contribution is -2.30. The summed E-state index contributed by atoms with van der Waals surface area (Å²) in [5.74, 6) is -1.63. The predicted octanol–water partition coefficient (Wildman–Crippen LogP) is 2.20. The molecule has 0 saturated heterocycles. The van der Waals surface area contributed by atoms with Crippen LogP contribution in [0.5, 0.6) is 0 Å². The zero-order valence-corrected chi connectivity index (χ0v) is 16.9. The van der Waals surface area contributed by atoms with Gasteiger partial charge in [-0.2, -0.15) is 0 Å². The van der Waals surface area contributed by atoms with Crippen LogP contribution < -0.4 is 15.4 Å². The van der Waals surface area contributed by atoms with Gasteiger partial charge in [0.15, 0.2) is 6.10 Å². The SMILES string of the molecule is CC(=O)Nc1ccc(NC(=O)[C@@H](C)OC(=O)c2ccccc2NS(C)(=O)=O)cc1. The Labute approximate surface area is 168 Å². The third kappa shape index (κ3) is 6.92. The van der Waals surface area contributed by atoms with Crippen LogP contribution in [0, 0.1) is 0 Å². The Bertz CT molecular complexity index is 1020. The topological polar surface area (TPSA) is 131 Å². The quantitative estimate of drug-likeness (QED) is 0.590. The predicted molar refractivity (Wildman–Crippen MR) is 109 cm³/mol. The van der Waals surface area contributed by atoms with E-state index >= 15 is 0 Å². The first-order valence-electron chi connectivity index (χ1n) is 8.51. The molecule has 29 heavy (non-hydrogen) atoms. The van der Waals surface area contributed by atoms with E-state index in [2.05, 4.69) is 15.4 Å². The molecular weight excluding hydrogens is 398 g/mol. The van der Waals surface area contributed by atoms with Crippen LogP contribution in [0.2, 0.25) is 0 Å². The minimum absolute atomic E-state index is 0.0164. The molecule has 2 aromatic rings. The molecule has 0 radical (unpaired) electrons. The van der Waals surface area contributed by atoms with Gasteiger partial charge in [0.05, 0.1) is 17.5 Å². The van der Waals surface area contributed by atoms with Crippen molar-refractivity contribution in [3.8, 4) is 0 Å². The van der Waals surface area contributed by atoms with E-state index in [-0.39, 0.29) is 17.2 Å². The maximum Gasteiger partial charge on any atom is 0.341 e. The number of anilines is 3. The fourth-order valence-corrected chi connectivity index (χ4v) is 2.89. The number of benzene rings is 2. The molecule has 2 rings (SSSR count). The van der Waals surface area contributed by atoms with Gasteiger partial charge in [-0.05, 0) is 43.3 Å². The average Bonchev–Trinajstić information content (AvgIpc) is 2.61. The molecule has 0 heterocycles. The lowest BCUT2D eigenvalue weighted by atomic mass is 10.2.